The number of anilines is 1. The summed E-state index contributed by atoms with van der Waals surface area (Å²) >= 11 is 5.78. The fourth-order valence-corrected chi connectivity index (χ4v) is 3.09. The zero-order valence-electron chi connectivity index (χ0n) is 16.1. The molecule has 0 fully saturated rings. The van der Waals surface area contributed by atoms with Crippen LogP contribution >= 0.6 is 11.6 Å². The van der Waals surface area contributed by atoms with Gasteiger partial charge in [-0.05, 0) is 54.6 Å². The molecule has 160 valence electrons. The molecule has 7 nitrogen and oxygen atoms in total. The maximum Gasteiger partial charge on any atom is 0.335 e. The minimum Gasteiger partial charge on any atom is -0.872 e. The van der Waals surface area contributed by atoms with E-state index >= 15 is 0 Å². The van der Waals surface area contributed by atoms with Gasteiger partial charge in [-0.15, -0.1) is 5.75 Å². The molecule has 1 heterocycles. The summed E-state index contributed by atoms with van der Waals surface area (Å²) in [4.78, 5) is 28.3. The van der Waals surface area contributed by atoms with E-state index in [4.69, 9.17) is 21.1 Å². The van der Waals surface area contributed by atoms with Crippen LogP contribution in [0, 0.1) is 5.82 Å². The largest absolute Gasteiger partial charge is 0.872 e. The fourth-order valence-electron chi connectivity index (χ4n) is 2.91. The van der Waals surface area contributed by atoms with Crippen LogP contribution in [-0.2, 0) is 0 Å². The number of nitrogens with one attached hydrogen (secondary N) is 1. The molecule has 0 saturated carbocycles. The van der Waals surface area contributed by atoms with Gasteiger partial charge in [0.1, 0.15) is 17.0 Å². The number of rotatable bonds is 4. The summed E-state index contributed by atoms with van der Waals surface area (Å²) in [6.45, 7) is 0. The Morgan fingerprint density at radius 1 is 1.03 bits per heavy atom. The van der Waals surface area contributed by atoms with Gasteiger partial charge in [-0.3, -0.25) is 4.79 Å². The Kier molecular flexibility index (Phi) is 5.61. The highest BCUT2D eigenvalue weighted by atomic mass is 35.5. The van der Waals surface area contributed by atoms with Crippen LogP contribution in [0.2, 0.25) is 5.02 Å². The van der Waals surface area contributed by atoms with Gasteiger partial charge in [0.25, 0.3) is 5.91 Å². The molecule has 3 aromatic carbocycles. The van der Waals surface area contributed by atoms with E-state index in [0.717, 1.165) is 6.07 Å². The monoisotopic (exact) mass is 451 g/mol. The van der Waals surface area contributed by atoms with E-state index in [0.29, 0.717) is 11.1 Å². The van der Waals surface area contributed by atoms with E-state index in [-0.39, 0.29) is 38.7 Å². The molecule has 0 aliphatic carbocycles. The number of carbonyl (C=O) groups excluding carboxylic acids is 1. The maximum atomic E-state index is 13.4. The van der Waals surface area contributed by atoms with Gasteiger partial charge < -0.3 is 19.9 Å². The topological polar surface area (TPSA) is 115 Å². The molecule has 0 spiro atoms. The predicted octanol–water partition coefficient (Wildman–Crippen LogP) is 4.48. The lowest BCUT2D eigenvalue weighted by atomic mass is 10.1. The SMILES string of the molecule is O=C(O)c1ccc(N=c2oc3cc([O-])ccc3cc2C(=O)Nc2ccc(F)c(Cl)c2)cc1. The first-order valence-corrected chi connectivity index (χ1v) is 9.57. The van der Waals surface area contributed by atoms with Gasteiger partial charge in [0.15, 0.2) is 0 Å². The maximum absolute atomic E-state index is 13.4. The highest BCUT2D eigenvalue weighted by Crippen LogP contribution is 2.22. The normalized spacial score (nSPS) is 11.5. The van der Waals surface area contributed by atoms with Crippen molar-refractivity contribution in [2.75, 3.05) is 5.32 Å². The van der Waals surface area contributed by atoms with E-state index < -0.39 is 17.7 Å². The fraction of sp³-hybridized carbons (Fsp3) is 0. The van der Waals surface area contributed by atoms with Crippen molar-refractivity contribution < 1.29 is 28.6 Å². The second kappa shape index (κ2) is 8.52. The van der Waals surface area contributed by atoms with E-state index in [1.54, 1.807) is 0 Å². The third-order valence-electron chi connectivity index (χ3n) is 4.49. The summed E-state index contributed by atoms with van der Waals surface area (Å²) in [5, 5.41) is 23.7. The van der Waals surface area contributed by atoms with Crippen LogP contribution in [0.3, 0.4) is 0 Å². The summed E-state index contributed by atoms with van der Waals surface area (Å²) in [6.07, 6.45) is 0. The van der Waals surface area contributed by atoms with Crippen molar-refractivity contribution in [2.45, 2.75) is 0 Å². The molecule has 1 aromatic heterocycles. The van der Waals surface area contributed by atoms with Crippen LogP contribution in [0.1, 0.15) is 20.7 Å². The lowest BCUT2D eigenvalue weighted by molar-refractivity contribution is -0.268. The lowest BCUT2D eigenvalue weighted by Gasteiger charge is -2.09. The van der Waals surface area contributed by atoms with Crippen LogP contribution in [0.5, 0.6) is 5.75 Å². The molecule has 1 amide bonds. The molecule has 4 aromatic rings. The van der Waals surface area contributed by atoms with Crippen LogP contribution < -0.4 is 16.0 Å². The van der Waals surface area contributed by atoms with Crippen molar-refractivity contribution in [3.05, 3.63) is 94.3 Å². The van der Waals surface area contributed by atoms with Crippen LogP contribution in [0.4, 0.5) is 15.8 Å². The number of fused-ring (bicyclic) bond motifs is 1. The molecule has 0 aliphatic heterocycles. The zero-order chi connectivity index (χ0) is 22.8. The number of carbonyl (C=O) groups is 2. The summed E-state index contributed by atoms with van der Waals surface area (Å²) < 4.78 is 19.1. The van der Waals surface area contributed by atoms with E-state index in [1.165, 1.54) is 60.7 Å². The number of hydrogen-bond acceptors (Lipinski definition) is 5. The number of amides is 1. The van der Waals surface area contributed by atoms with Crippen LogP contribution in [-0.4, -0.2) is 17.0 Å². The van der Waals surface area contributed by atoms with Crippen molar-refractivity contribution in [1.29, 1.82) is 0 Å². The van der Waals surface area contributed by atoms with Gasteiger partial charge in [-0.25, -0.2) is 14.2 Å². The Balaban J connectivity index is 1.82. The Morgan fingerprint density at radius 2 is 1.78 bits per heavy atom. The van der Waals surface area contributed by atoms with E-state index in [1.807, 2.05) is 0 Å². The molecule has 0 saturated heterocycles. The molecule has 0 unspecified atom stereocenters. The van der Waals surface area contributed by atoms with Gasteiger partial charge in [0, 0.05) is 11.1 Å². The number of hydrogen-bond donors (Lipinski definition) is 2. The number of halogens is 2. The first kappa shape index (κ1) is 21.1. The third-order valence-corrected chi connectivity index (χ3v) is 4.78. The summed E-state index contributed by atoms with van der Waals surface area (Å²) in [5.74, 6) is -2.60. The molecule has 2 N–H and O–H groups in total. The second-order valence-electron chi connectivity index (χ2n) is 6.71. The molecule has 0 atom stereocenters. The average molecular weight is 452 g/mol. The standard InChI is InChI=1S/C23H14ClFN2O5/c24-18-10-15(6-8-19(18)25)26-21(29)17-9-13-3-7-16(28)11-20(13)32-22(17)27-14-4-1-12(2-5-14)23(30)31/h1-11,28H,(H,26,29)(H,30,31)/p-1. The smallest absolute Gasteiger partial charge is 0.335 e. The van der Waals surface area contributed by atoms with Gasteiger partial charge >= 0.3 is 5.97 Å². The third kappa shape index (κ3) is 4.45. The first-order valence-electron chi connectivity index (χ1n) is 9.19. The molecule has 4 rings (SSSR count). The molecule has 32 heavy (non-hydrogen) atoms. The predicted molar refractivity (Wildman–Crippen MR) is 114 cm³/mol. The number of carboxylic acids is 1. The number of benzene rings is 3. The molecular formula is C23H13ClFN2O5-. The van der Waals surface area contributed by atoms with Crippen LogP contribution in [0.25, 0.3) is 11.0 Å². The van der Waals surface area contributed by atoms with Crippen molar-refractivity contribution in [2.24, 2.45) is 4.99 Å². The Bertz CT molecular complexity index is 1430. The van der Waals surface area contributed by atoms with Crippen molar-refractivity contribution in [1.82, 2.24) is 0 Å². The van der Waals surface area contributed by atoms with E-state index in [2.05, 4.69) is 10.3 Å². The molecule has 0 bridgehead atoms. The minimum atomic E-state index is -1.09. The molecular weight excluding hydrogens is 439 g/mol. The molecule has 9 heteroatoms. The number of carboxylic acid groups (broad SMARTS) is 1. The summed E-state index contributed by atoms with van der Waals surface area (Å²) in [7, 11) is 0. The zero-order valence-corrected chi connectivity index (χ0v) is 16.9. The lowest BCUT2D eigenvalue weighted by Crippen LogP contribution is -2.21. The van der Waals surface area contributed by atoms with Crippen LogP contribution in [0.15, 0.2) is 76.1 Å². The highest BCUT2D eigenvalue weighted by molar-refractivity contribution is 6.31. The summed E-state index contributed by atoms with van der Waals surface area (Å²) in [6, 6.07) is 15.0. The van der Waals surface area contributed by atoms with Gasteiger partial charge in [0.2, 0.25) is 5.55 Å². The average Bonchev–Trinajstić information content (AvgIpc) is 2.76. The Morgan fingerprint density at radius 3 is 2.47 bits per heavy atom. The second-order valence-corrected chi connectivity index (χ2v) is 7.12. The van der Waals surface area contributed by atoms with Crippen molar-refractivity contribution in [3.63, 3.8) is 0 Å². The highest BCUT2D eigenvalue weighted by Gasteiger charge is 2.14. The van der Waals surface area contributed by atoms with Gasteiger partial charge in [-0.2, -0.15) is 0 Å². The van der Waals surface area contributed by atoms with Gasteiger partial charge in [-0.1, -0.05) is 23.7 Å². The summed E-state index contributed by atoms with van der Waals surface area (Å²) in [5.41, 5.74) is 0.820. The van der Waals surface area contributed by atoms with Crippen molar-refractivity contribution in [3.8, 4) is 5.75 Å². The Labute approximate surface area is 185 Å². The quantitative estimate of drug-likeness (QED) is 0.474. The molecule has 0 aliphatic rings. The molecule has 0 radical (unpaired) electrons. The van der Waals surface area contributed by atoms with Crippen molar-refractivity contribution >= 4 is 45.8 Å². The minimum absolute atomic E-state index is 0.0407. The Hall–Kier alpha value is -4.17. The first-order chi connectivity index (χ1) is 15.3. The number of aromatic carboxylic acids is 1. The van der Waals surface area contributed by atoms with E-state index in [9.17, 15) is 19.1 Å². The van der Waals surface area contributed by atoms with Gasteiger partial charge in [0.05, 0.1) is 16.3 Å². The number of nitrogens with zero attached hydrogens (tertiary/aromatic N) is 1.